The standard InChI is InChI=1S/C8H6I2O3/c1-13-8(12)6-4(9)2-3-5(10)7(6)11/h2-3,11H,1H3. The fraction of sp³-hybridized carbons (Fsp3) is 0.125. The minimum absolute atomic E-state index is 0.0145. The number of hydrogen-bond acceptors (Lipinski definition) is 3. The summed E-state index contributed by atoms with van der Waals surface area (Å²) in [4.78, 5) is 11.2. The highest BCUT2D eigenvalue weighted by Crippen LogP contribution is 2.28. The lowest BCUT2D eigenvalue weighted by molar-refractivity contribution is 0.0596. The molecule has 0 fully saturated rings. The lowest BCUT2D eigenvalue weighted by atomic mass is 10.2. The van der Waals surface area contributed by atoms with E-state index in [9.17, 15) is 9.90 Å². The van der Waals surface area contributed by atoms with Gasteiger partial charge in [-0.3, -0.25) is 0 Å². The molecule has 0 radical (unpaired) electrons. The Labute approximate surface area is 103 Å². The molecule has 0 spiro atoms. The number of benzene rings is 1. The van der Waals surface area contributed by atoms with E-state index in [-0.39, 0.29) is 11.3 Å². The summed E-state index contributed by atoms with van der Waals surface area (Å²) in [6.07, 6.45) is 0. The average molecular weight is 404 g/mol. The molecule has 0 aromatic heterocycles. The van der Waals surface area contributed by atoms with E-state index in [1.807, 2.05) is 45.2 Å². The maximum atomic E-state index is 11.2. The zero-order valence-electron chi connectivity index (χ0n) is 6.67. The fourth-order valence-corrected chi connectivity index (χ4v) is 1.94. The van der Waals surface area contributed by atoms with Crippen LogP contribution >= 0.6 is 45.2 Å². The highest BCUT2D eigenvalue weighted by atomic mass is 127. The van der Waals surface area contributed by atoms with E-state index in [0.29, 0.717) is 7.14 Å². The number of rotatable bonds is 1. The Morgan fingerprint density at radius 3 is 2.46 bits per heavy atom. The third-order valence-electron chi connectivity index (χ3n) is 1.47. The van der Waals surface area contributed by atoms with Gasteiger partial charge in [-0.25, -0.2) is 4.79 Å². The van der Waals surface area contributed by atoms with E-state index in [4.69, 9.17) is 0 Å². The molecule has 1 aromatic rings. The van der Waals surface area contributed by atoms with Crippen molar-refractivity contribution in [1.29, 1.82) is 0 Å². The maximum Gasteiger partial charge on any atom is 0.342 e. The van der Waals surface area contributed by atoms with Crippen molar-refractivity contribution in [3.8, 4) is 5.75 Å². The zero-order valence-corrected chi connectivity index (χ0v) is 11.0. The van der Waals surface area contributed by atoms with E-state index in [0.717, 1.165) is 0 Å². The first-order valence-corrected chi connectivity index (χ1v) is 5.49. The van der Waals surface area contributed by atoms with Crippen LogP contribution in [0.25, 0.3) is 0 Å². The summed E-state index contributed by atoms with van der Waals surface area (Å²) in [6.45, 7) is 0. The number of aromatic hydroxyl groups is 1. The number of halogens is 2. The minimum Gasteiger partial charge on any atom is -0.506 e. The van der Waals surface area contributed by atoms with Crippen LogP contribution < -0.4 is 0 Å². The van der Waals surface area contributed by atoms with Crippen molar-refractivity contribution in [1.82, 2.24) is 0 Å². The number of phenols is 1. The van der Waals surface area contributed by atoms with Gasteiger partial charge in [-0.05, 0) is 57.3 Å². The van der Waals surface area contributed by atoms with Crippen LogP contribution in [-0.4, -0.2) is 18.2 Å². The molecule has 3 nitrogen and oxygen atoms in total. The molecule has 70 valence electrons. The van der Waals surface area contributed by atoms with Crippen LogP contribution in [0.2, 0.25) is 0 Å². The summed E-state index contributed by atoms with van der Waals surface area (Å²) in [7, 11) is 1.29. The van der Waals surface area contributed by atoms with Crippen LogP contribution in [0.15, 0.2) is 12.1 Å². The summed E-state index contributed by atoms with van der Waals surface area (Å²) < 4.78 is 5.87. The molecule has 13 heavy (non-hydrogen) atoms. The first kappa shape index (κ1) is 11.0. The van der Waals surface area contributed by atoms with Crippen molar-refractivity contribution in [3.63, 3.8) is 0 Å². The second-order valence-corrected chi connectivity index (χ2v) is 4.57. The maximum absolute atomic E-state index is 11.2. The van der Waals surface area contributed by atoms with Crippen LogP contribution in [0, 0.1) is 7.14 Å². The van der Waals surface area contributed by atoms with Crippen LogP contribution in [0.1, 0.15) is 10.4 Å². The third kappa shape index (κ3) is 2.25. The van der Waals surface area contributed by atoms with Crippen molar-refractivity contribution >= 4 is 51.2 Å². The second-order valence-electron chi connectivity index (χ2n) is 2.24. The molecule has 5 heteroatoms. The predicted octanol–water partition coefficient (Wildman–Crippen LogP) is 2.39. The van der Waals surface area contributed by atoms with Crippen molar-refractivity contribution in [3.05, 3.63) is 24.8 Å². The van der Waals surface area contributed by atoms with E-state index in [2.05, 4.69) is 4.74 Å². The van der Waals surface area contributed by atoms with Crippen LogP contribution in [0.5, 0.6) is 5.75 Å². The third-order valence-corrected chi connectivity index (χ3v) is 3.24. The molecule has 1 aromatic carbocycles. The van der Waals surface area contributed by atoms with Gasteiger partial charge in [-0.15, -0.1) is 0 Å². The number of carbonyl (C=O) groups excluding carboxylic acids is 1. The number of hydrogen-bond donors (Lipinski definition) is 1. The smallest absolute Gasteiger partial charge is 0.342 e. The largest absolute Gasteiger partial charge is 0.506 e. The molecule has 0 saturated heterocycles. The number of carbonyl (C=O) groups is 1. The summed E-state index contributed by atoms with van der Waals surface area (Å²) in [6, 6.07) is 3.50. The molecule has 0 bridgehead atoms. The minimum atomic E-state index is -0.514. The molecule has 1 rings (SSSR count). The molecule has 0 unspecified atom stereocenters. The Kier molecular flexibility index (Phi) is 3.77. The van der Waals surface area contributed by atoms with Crippen molar-refractivity contribution in [2.75, 3.05) is 7.11 Å². The van der Waals surface area contributed by atoms with Gasteiger partial charge < -0.3 is 9.84 Å². The van der Waals surface area contributed by atoms with Crippen LogP contribution in [0.4, 0.5) is 0 Å². The summed E-state index contributed by atoms with van der Waals surface area (Å²) >= 11 is 3.93. The summed E-state index contributed by atoms with van der Waals surface area (Å²) in [5, 5.41) is 9.57. The van der Waals surface area contributed by atoms with Crippen LogP contribution in [0.3, 0.4) is 0 Å². The second kappa shape index (κ2) is 4.45. The fourth-order valence-electron chi connectivity index (χ4n) is 0.837. The lowest BCUT2D eigenvalue weighted by Gasteiger charge is -2.06. The van der Waals surface area contributed by atoms with Gasteiger partial charge in [-0.1, -0.05) is 0 Å². The number of ether oxygens (including phenoxy) is 1. The van der Waals surface area contributed by atoms with Crippen molar-refractivity contribution in [2.45, 2.75) is 0 Å². The number of methoxy groups -OCH3 is 1. The van der Waals surface area contributed by atoms with Gasteiger partial charge in [0, 0.05) is 3.57 Å². The van der Waals surface area contributed by atoms with Gasteiger partial charge in [0.15, 0.2) is 0 Å². The van der Waals surface area contributed by atoms with Gasteiger partial charge >= 0.3 is 5.97 Å². The number of esters is 1. The van der Waals surface area contributed by atoms with Gasteiger partial charge in [-0.2, -0.15) is 0 Å². The van der Waals surface area contributed by atoms with Crippen molar-refractivity contribution in [2.24, 2.45) is 0 Å². The first-order chi connectivity index (χ1) is 6.07. The normalized spacial score (nSPS) is 9.77. The Hall–Kier alpha value is -0.0500. The molecule has 0 aliphatic carbocycles. The van der Waals surface area contributed by atoms with E-state index < -0.39 is 5.97 Å². The Morgan fingerprint density at radius 1 is 1.38 bits per heavy atom. The Bertz CT molecular complexity index is 349. The lowest BCUT2D eigenvalue weighted by Crippen LogP contribution is -2.04. The molecule has 1 N–H and O–H groups in total. The van der Waals surface area contributed by atoms with Crippen LogP contribution in [-0.2, 0) is 4.74 Å². The average Bonchev–Trinajstić information content (AvgIpc) is 2.12. The van der Waals surface area contributed by atoms with Gasteiger partial charge in [0.1, 0.15) is 11.3 Å². The van der Waals surface area contributed by atoms with E-state index in [1.165, 1.54) is 7.11 Å². The molecular weight excluding hydrogens is 398 g/mol. The summed E-state index contributed by atoms with van der Waals surface area (Å²) in [5.41, 5.74) is 0.231. The van der Waals surface area contributed by atoms with E-state index in [1.54, 1.807) is 12.1 Å². The molecule has 0 aliphatic heterocycles. The predicted molar refractivity (Wildman–Crippen MR) is 64.9 cm³/mol. The monoisotopic (exact) mass is 404 g/mol. The highest BCUT2D eigenvalue weighted by Gasteiger charge is 2.17. The van der Waals surface area contributed by atoms with E-state index >= 15 is 0 Å². The zero-order chi connectivity index (χ0) is 10.0. The molecule has 0 heterocycles. The molecule has 0 saturated carbocycles. The SMILES string of the molecule is COC(=O)c1c(I)ccc(I)c1O. The highest BCUT2D eigenvalue weighted by molar-refractivity contribution is 14.1. The molecule has 0 aliphatic rings. The molecule has 0 amide bonds. The summed E-state index contributed by atoms with van der Waals surface area (Å²) in [5.74, 6) is -0.528. The molecular formula is C8H6I2O3. The van der Waals surface area contributed by atoms with Gasteiger partial charge in [0.25, 0.3) is 0 Å². The topological polar surface area (TPSA) is 46.5 Å². The Morgan fingerprint density at radius 2 is 1.92 bits per heavy atom. The van der Waals surface area contributed by atoms with Gasteiger partial charge in [0.05, 0.1) is 10.7 Å². The number of phenolic OH excluding ortho intramolecular Hbond substituents is 1. The quantitative estimate of drug-likeness (QED) is 0.578. The Balaban J connectivity index is 3.33. The molecule has 0 atom stereocenters. The van der Waals surface area contributed by atoms with Gasteiger partial charge in [0.2, 0.25) is 0 Å². The first-order valence-electron chi connectivity index (χ1n) is 3.33. The van der Waals surface area contributed by atoms with Crippen molar-refractivity contribution < 1.29 is 14.6 Å².